The van der Waals surface area contributed by atoms with Crippen LogP contribution in [0, 0.1) is 0 Å². The molecular weight excluding hydrogens is 533 g/mol. The SMILES string of the molecule is O=C(N/N=C/c1ccc(-c2ccc(Cl)c(Cl)c2)o1)c1cccc(S(=O)(=O)Nc2cccc(Cl)c2)c1. The fraction of sp³-hybridized carbons (Fsp3) is 0. The number of hydrogen-bond donors (Lipinski definition) is 2. The molecule has 0 atom stereocenters. The van der Waals surface area contributed by atoms with Crippen molar-refractivity contribution in [2.24, 2.45) is 5.10 Å². The summed E-state index contributed by atoms with van der Waals surface area (Å²) in [5, 5.41) is 5.10. The Morgan fingerprint density at radius 3 is 2.46 bits per heavy atom. The first-order chi connectivity index (χ1) is 16.7. The molecule has 4 rings (SSSR count). The lowest BCUT2D eigenvalue weighted by atomic mass is 10.2. The van der Waals surface area contributed by atoms with E-state index in [0.29, 0.717) is 32.3 Å². The average Bonchev–Trinajstić information content (AvgIpc) is 3.29. The first kappa shape index (κ1) is 24.8. The van der Waals surface area contributed by atoms with Crippen molar-refractivity contribution >= 4 is 62.6 Å². The van der Waals surface area contributed by atoms with Crippen LogP contribution in [0.1, 0.15) is 16.1 Å². The quantitative estimate of drug-likeness (QED) is 0.204. The fourth-order valence-corrected chi connectivity index (χ4v) is 4.60. The van der Waals surface area contributed by atoms with Gasteiger partial charge >= 0.3 is 0 Å². The van der Waals surface area contributed by atoms with Gasteiger partial charge in [-0.25, -0.2) is 13.8 Å². The molecule has 0 spiro atoms. The van der Waals surface area contributed by atoms with Gasteiger partial charge in [-0.1, -0.05) is 46.9 Å². The van der Waals surface area contributed by atoms with Crippen LogP contribution < -0.4 is 10.1 Å². The van der Waals surface area contributed by atoms with Gasteiger partial charge in [0.05, 0.1) is 26.8 Å². The second-order valence-corrected chi connectivity index (χ2v) is 10.1. The molecule has 4 aromatic rings. The third-order valence-electron chi connectivity index (χ3n) is 4.67. The molecule has 0 bridgehead atoms. The number of rotatable bonds is 7. The van der Waals surface area contributed by atoms with E-state index in [4.69, 9.17) is 39.2 Å². The Morgan fingerprint density at radius 2 is 1.69 bits per heavy atom. The van der Waals surface area contributed by atoms with Crippen LogP contribution in [-0.4, -0.2) is 20.5 Å². The number of halogens is 3. The largest absolute Gasteiger partial charge is 0.455 e. The number of amides is 1. The van der Waals surface area contributed by atoms with Gasteiger partial charge in [0.1, 0.15) is 11.5 Å². The smallest absolute Gasteiger partial charge is 0.271 e. The third kappa shape index (κ3) is 6.23. The van der Waals surface area contributed by atoms with E-state index < -0.39 is 15.9 Å². The van der Waals surface area contributed by atoms with E-state index in [-0.39, 0.29) is 10.5 Å². The van der Waals surface area contributed by atoms with E-state index in [9.17, 15) is 13.2 Å². The van der Waals surface area contributed by atoms with Gasteiger partial charge in [0.15, 0.2) is 0 Å². The van der Waals surface area contributed by atoms with Crippen LogP contribution in [0.5, 0.6) is 0 Å². The Kier molecular flexibility index (Phi) is 7.47. The monoisotopic (exact) mass is 547 g/mol. The van der Waals surface area contributed by atoms with Crippen molar-refractivity contribution in [2.45, 2.75) is 4.90 Å². The molecule has 35 heavy (non-hydrogen) atoms. The summed E-state index contributed by atoms with van der Waals surface area (Å²) < 4.78 is 33.5. The molecule has 3 aromatic carbocycles. The van der Waals surface area contributed by atoms with Gasteiger partial charge in [0, 0.05) is 16.1 Å². The molecular formula is C24H16Cl3N3O4S. The van der Waals surface area contributed by atoms with Crippen LogP contribution in [0.4, 0.5) is 5.69 Å². The summed E-state index contributed by atoms with van der Waals surface area (Å²) in [6, 6.07) is 20.3. The van der Waals surface area contributed by atoms with Crippen LogP contribution in [0.2, 0.25) is 15.1 Å². The van der Waals surface area contributed by atoms with Gasteiger partial charge in [-0.05, 0) is 66.7 Å². The Hall–Kier alpha value is -3.30. The lowest BCUT2D eigenvalue weighted by Gasteiger charge is -2.09. The summed E-state index contributed by atoms with van der Waals surface area (Å²) in [5.74, 6) is 0.326. The van der Waals surface area contributed by atoms with Crippen molar-refractivity contribution in [1.82, 2.24) is 5.43 Å². The van der Waals surface area contributed by atoms with Crippen LogP contribution >= 0.6 is 34.8 Å². The molecule has 0 unspecified atom stereocenters. The number of hydrazone groups is 1. The predicted molar refractivity (Wildman–Crippen MR) is 138 cm³/mol. The van der Waals surface area contributed by atoms with Crippen molar-refractivity contribution in [3.63, 3.8) is 0 Å². The molecule has 1 amide bonds. The summed E-state index contributed by atoms with van der Waals surface area (Å²) >= 11 is 17.9. The molecule has 0 aliphatic heterocycles. The number of sulfonamides is 1. The van der Waals surface area contributed by atoms with Gasteiger partial charge in [0.25, 0.3) is 15.9 Å². The average molecular weight is 549 g/mol. The Bertz CT molecular complexity index is 1530. The summed E-state index contributed by atoms with van der Waals surface area (Å²) in [5.41, 5.74) is 3.48. The van der Waals surface area contributed by atoms with Crippen LogP contribution in [0.15, 0.2) is 93.3 Å². The van der Waals surface area contributed by atoms with Crippen molar-refractivity contribution in [2.75, 3.05) is 4.72 Å². The fourth-order valence-electron chi connectivity index (χ4n) is 3.02. The lowest BCUT2D eigenvalue weighted by molar-refractivity contribution is 0.0955. The number of anilines is 1. The summed E-state index contributed by atoms with van der Waals surface area (Å²) in [6.07, 6.45) is 1.32. The number of nitrogens with one attached hydrogen (secondary N) is 2. The van der Waals surface area contributed by atoms with Gasteiger partial charge < -0.3 is 4.42 Å². The first-order valence-electron chi connectivity index (χ1n) is 9.98. The zero-order chi connectivity index (χ0) is 25.0. The number of furan rings is 1. The molecule has 178 valence electrons. The molecule has 1 heterocycles. The summed E-state index contributed by atoms with van der Waals surface area (Å²) in [6.45, 7) is 0. The first-order valence-corrected chi connectivity index (χ1v) is 12.6. The maximum atomic E-state index is 12.7. The number of benzene rings is 3. The normalized spacial score (nSPS) is 11.5. The molecule has 0 aliphatic rings. The highest BCUT2D eigenvalue weighted by molar-refractivity contribution is 7.92. The van der Waals surface area contributed by atoms with E-state index in [1.807, 2.05) is 0 Å². The Morgan fingerprint density at radius 1 is 0.886 bits per heavy atom. The van der Waals surface area contributed by atoms with Crippen LogP contribution in [0.25, 0.3) is 11.3 Å². The molecule has 0 saturated heterocycles. The van der Waals surface area contributed by atoms with Crippen molar-refractivity contribution in [1.29, 1.82) is 0 Å². The molecule has 7 nitrogen and oxygen atoms in total. The molecule has 11 heteroatoms. The molecule has 0 saturated carbocycles. The second kappa shape index (κ2) is 10.5. The van der Waals surface area contributed by atoms with E-state index in [1.165, 1.54) is 36.5 Å². The highest BCUT2D eigenvalue weighted by Crippen LogP contribution is 2.29. The number of carbonyl (C=O) groups excluding carboxylic acids is 1. The highest BCUT2D eigenvalue weighted by atomic mass is 35.5. The maximum absolute atomic E-state index is 12.7. The zero-order valence-electron chi connectivity index (χ0n) is 17.7. The van der Waals surface area contributed by atoms with E-state index in [1.54, 1.807) is 48.5 Å². The third-order valence-corrected chi connectivity index (χ3v) is 7.03. The van der Waals surface area contributed by atoms with Crippen molar-refractivity contribution in [3.8, 4) is 11.3 Å². The molecule has 1 aromatic heterocycles. The van der Waals surface area contributed by atoms with E-state index in [0.717, 1.165) is 5.56 Å². The van der Waals surface area contributed by atoms with Gasteiger partial charge in [0.2, 0.25) is 0 Å². The van der Waals surface area contributed by atoms with Gasteiger partial charge in [-0.3, -0.25) is 9.52 Å². The number of carbonyl (C=O) groups is 1. The molecule has 0 fully saturated rings. The standard InChI is InChI=1S/C24H16Cl3N3O4S/c25-17-4-2-5-18(13-17)30-35(32,33)20-6-1-3-16(11-20)24(31)29-28-14-19-8-10-23(34-19)15-7-9-21(26)22(27)12-15/h1-14,30H,(H,29,31)/b28-14+. The Labute approximate surface area is 216 Å². The van der Waals surface area contributed by atoms with Crippen LogP contribution in [-0.2, 0) is 10.0 Å². The van der Waals surface area contributed by atoms with Crippen molar-refractivity contribution < 1.29 is 17.6 Å². The minimum atomic E-state index is -3.94. The topological polar surface area (TPSA) is 101 Å². The second-order valence-electron chi connectivity index (χ2n) is 7.17. The minimum Gasteiger partial charge on any atom is -0.455 e. The van der Waals surface area contributed by atoms with Crippen molar-refractivity contribution in [3.05, 3.63) is 105 Å². The predicted octanol–water partition coefficient (Wildman–Crippen LogP) is 6.47. The lowest BCUT2D eigenvalue weighted by Crippen LogP contribution is -2.19. The zero-order valence-corrected chi connectivity index (χ0v) is 20.8. The Balaban J connectivity index is 1.43. The summed E-state index contributed by atoms with van der Waals surface area (Å²) in [4.78, 5) is 12.4. The van der Waals surface area contributed by atoms with E-state index >= 15 is 0 Å². The van der Waals surface area contributed by atoms with Gasteiger partial charge in [-0.15, -0.1) is 0 Å². The highest BCUT2D eigenvalue weighted by Gasteiger charge is 2.17. The number of nitrogens with zero attached hydrogens (tertiary/aromatic N) is 1. The molecule has 0 aliphatic carbocycles. The molecule has 0 radical (unpaired) electrons. The van der Waals surface area contributed by atoms with Gasteiger partial charge in [-0.2, -0.15) is 5.10 Å². The number of hydrogen-bond acceptors (Lipinski definition) is 5. The maximum Gasteiger partial charge on any atom is 0.271 e. The van der Waals surface area contributed by atoms with Crippen LogP contribution in [0.3, 0.4) is 0 Å². The molecule has 2 N–H and O–H groups in total. The minimum absolute atomic E-state index is 0.0913. The van der Waals surface area contributed by atoms with E-state index in [2.05, 4.69) is 15.2 Å². The summed E-state index contributed by atoms with van der Waals surface area (Å²) in [7, 11) is -3.94.